The van der Waals surface area contributed by atoms with Gasteiger partial charge in [0, 0.05) is 6.54 Å². The number of hydrogen-bond donors (Lipinski definition) is 2. The summed E-state index contributed by atoms with van der Waals surface area (Å²) in [7, 11) is 0. The molecule has 0 aromatic heterocycles. The molecule has 64 valence electrons. The lowest BCUT2D eigenvalue weighted by Crippen LogP contribution is -2.32. The van der Waals surface area contributed by atoms with Gasteiger partial charge >= 0.3 is 0 Å². The zero-order chi connectivity index (χ0) is 7.84. The lowest BCUT2D eigenvalue weighted by Gasteiger charge is -2.25. The van der Waals surface area contributed by atoms with Crippen LogP contribution in [0.2, 0.25) is 0 Å². The molecule has 0 aromatic carbocycles. The number of fused-ring (bicyclic) bond motifs is 2. The van der Waals surface area contributed by atoms with Crippen LogP contribution in [-0.2, 0) is 0 Å². The van der Waals surface area contributed by atoms with Gasteiger partial charge in [-0.15, -0.1) is 0 Å². The fourth-order valence-corrected chi connectivity index (χ4v) is 2.94. The fraction of sp³-hybridized carbons (Fsp3) is 1.00. The molecule has 2 aliphatic carbocycles. The second-order valence-electron chi connectivity index (χ2n) is 4.14. The predicted molar refractivity (Wildman–Crippen MR) is 44.0 cm³/mol. The second-order valence-corrected chi connectivity index (χ2v) is 4.14. The van der Waals surface area contributed by atoms with Crippen molar-refractivity contribution in [2.45, 2.75) is 31.8 Å². The molecule has 2 saturated carbocycles. The molecule has 0 heterocycles. The smallest absolute Gasteiger partial charge is 0.0693 e. The fourth-order valence-electron chi connectivity index (χ4n) is 2.94. The van der Waals surface area contributed by atoms with Crippen LogP contribution in [-0.4, -0.2) is 17.8 Å². The summed E-state index contributed by atoms with van der Waals surface area (Å²) in [5.74, 6) is 2.27. The Morgan fingerprint density at radius 3 is 2.64 bits per heavy atom. The highest BCUT2D eigenvalue weighted by molar-refractivity contribution is 4.93. The summed E-state index contributed by atoms with van der Waals surface area (Å²) >= 11 is 0. The maximum Gasteiger partial charge on any atom is 0.0693 e. The van der Waals surface area contributed by atoms with Crippen LogP contribution < -0.4 is 5.73 Å². The lowest BCUT2D eigenvalue weighted by molar-refractivity contribution is 0.0818. The second kappa shape index (κ2) is 2.76. The first-order valence-corrected chi connectivity index (χ1v) is 4.69. The van der Waals surface area contributed by atoms with E-state index in [9.17, 15) is 5.11 Å². The van der Waals surface area contributed by atoms with E-state index in [0.717, 1.165) is 11.8 Å². The predicted octanol–water partition coefficient (Wildman–Crippen LogP) is 0.742. The van der Waals surface area contributed by atoms with Crippen molar-refractivity contribution in [3.8, 4) is 0 Å². The highest BCUT2D eigenvalue weighted by Crippen LogP contribution is 2.49. The summed E-state index contributed by atoms with van der Waals surface area (Å²) in [4.78, 5) is 0. The molecule has 3 unspecified atom stereocenters. The number of nitrogens with two attached hydrogens (primary N) is 1. The summed E-state index contributed by atoms with van der Waals surface area (Å²) in [6.45, 7) is 0.452. The van der Waals surface area contributed by atoms with Gasteiger partial charge in [-0.1, -0.05) is 6.42 Å². The van der Waals surface area contributed by atoms with Crippen LogP contribution in [0.4, 0.5) is 0 Å². The number of hydrogen-bond acceptors (Lipinski definition) is 2. The van der Waals surface area contributed by atoms with Gasteiger partial charge in [0.25, 0.3) is 0 Å². The van der Waals surface area contributed by atoms with Crippen molar-refractivity contribution in [1.82, 2.24) is 0 Å². The van der Waals surface area contributed by atoms with E-state index in [1.54, 1.807) is 0 Å². The molecule has 0 spiro atoms. The molecule has 2 bridgehead atoms. The largest absolute Gasteiger partial charge is 0.392 e. The van der Waals surface area contributed by atoms with Crippen LogP contribution >= 0.6 is 0 Å². The van der Waals surface area contributed by atoms with Crippen molar-refractivity contribution in [2.24, 2.45) is 23.5 Å². The van der Waals surface area contributed by atoms with E-state index in [-0.39, 0.29) is 6.10 Å². The Kier molecular flexibility index (Phi) is 1.90. The molecule has 2 nitrogen and oxygen atoms in total. The van der Waals surface area contributed by atoms with Gasteiger partial charge in [0.2, 0.25) is 0 Å². The minimum absolute atomic E-state index is 0.217. The Hall–Kier alpha value is -0.0800. The Balaban J connectivity index is 1.96. The van der Waals surface area contributed by atoms with E-state index >= 15 is 0 Å². The maximum absolute atomic E-state index is 9.55. The first-order valence-electron chi connectivity index (χ1n) is 4.69. The number of rotatable bonds is 2. The van der Waals surface area contributed by atoms with Crippen molar-refractivity contribution in [2.75, 3.05) is 6.54 Å². The minimum atomic E-state index is -0.217. The molecule has 0 radical (unpaired) electrons. The van der Waals surface area contributed by atoms with E-state index in [1.807, 2.05) is 0 Å². The minimum Gasteiger partial charge on any atom is -0.392 e. The van der Waals surface area contributed by atoms with Crippen molar-refractivity contribution in [3.63, 3.8) is 0 Å². The van der Waals surface area contributed by atoms with E-state index in [0.29, 0.717) is 12.5 Å². The summed E-state index contributed by atoms with van der Waals surface area (Å²) < 4.78 is 0. The Morgan fingerprint density at radius 1 is 1.36 bits per heavy atom. The zero-order valence-electron chi connectivity index (χ0n) is 6.87. The van der Waals surface area contributed by atoms with Crippen LogP contribution in [0, 0.1) is 17.8 Å². The van der Waals surface area contributed by atoms with Gasteiger partial charge in [-0.05, 0) is 37.0 Å². The molecular weight excluding hydrogens is 138 g/mol. The van der Waals surface area contributed by atoms with E-state index in [1.165, 1.54) is 25.7 Å². The topological polar surface area (TPSA) is 46.2 Å². The van der Waals surface area contributed by atoms with Gasteiger partial charge in [-0.3, -0.25) is 0 Å². The molecule has 0 aromatic rings. The number of aliphatic hydroxyl groups excluding tert-OH is 1. The molecule has 0 amide bonds. The van der Waals surface area contributed by atoms with Crippen LogP contribution in [0.5, 0.6) is 0 Å². The SMILES string of the molecule is NC[C@H](O)C1CC2CCC1C2. The van der Waals surface area contributed by atoms with Gasteiger partial charge in [0.15, 0.2) is 0 Å². The molecule has 2 fully saturated rings. The molecule has 3 N–H and O–H groups in total. The summed E-state index contributed by atoms with van der Waals surface area (Å²) in [6, 6.07) is 0. The van der Waals surface area contributed by atoms with Crippen LogP contribution in [0.3, 0.4) is 0 Å². The average Bonchev–Trinajstić information content (AvgIpc) is 2.62. The average molecular weight is 155 g/mol. The van der Waals surface area contributed by atoms with Crippen molar-refractivity contribution in [3.05, 3.63) is 0 Å². The zero-order valence-corrected chi connectivity index (χ0v) is 6.87. The third kappa shape index (κ3) is 1.18. The van der Waals surface area contributed by atoms with Gasteiger partial charge in [-0.25, -0.2) is 0 Å². The summed E-state index contributed by atoms with van der Waals surface area (Å²) in [6.07, 6.45) is 5.13. The highest BCUT2D eigenvalue weighted by atomic mass is 16.3. The van der Waals surface area contributed by atoms with Crippen molar-refractivity contribution >= 4 is 0 Å². The highest BCUT2D eigenvalue weighted by Gasteiger charge is 2.42. The molecule has 2 aliphatic rings. The van der Waals surface area contributed by atoms with E-state index < -0.39 is 0 Å². The normalized spacial score (nSPS) is 44.7. The first kappa shape index (κ1) is 7.56. The summed E-state index contributed by atoms with van der Waals surface area (Å²) in [5.41, 5.74) is 5.43. The maximum atomic E-state index is 9.55. The van der Waals surface area contributed by atoms with Gasteiger partial charge in [-0.2, -0.15) is 0 Å². The molecule has 11 heavy (non-hydrogen) atoms. The molecule has 0 saturated heterocycles. The van der Waals surface area contributed by atoms with E-state index in [4.69, 9.17) is 5.73 Å². The van der Waals surface area contributed by atoms with E-state index in [2.05, 4.69) is 0 Å². The number of aliphatic hydroxyl groups is 1. The molecule has 2 rings (SSSR count). The molecule has 4 atom stereocenters. The van der Waals surface area contributed by atoms with Crippen molar-refractivity contribution < 1.29 is 5.11 Å². The monoisotopic (exact) mass is 155 g/mol. The third-order valence-electron chi connectivity index (χ3n) is 3.53. The van der Waals surface area contributed by atoms with Crippen LogP contribution in [0.15, 0.2) is 0 Å². The Morgan fingerprint density at radius 2 is 2.18 bits per heavy atom. The van der Waals surface area contributed by atoms with Gasteiger partial charge in [0.05, 0.1) is 6.10 Å². The summed E-state index contributed by atoms with van der Waals surface area (Å²) in [5, 5.41) is 9.55. The van der Waals surface area contributed by atoms with Crippen molar-refractivity contribution in [1.29, 1.82) is 0 Å². The third-order valence-corrected chi connectivity index (χ3v) is 3.53. The Bertz CT molecular complexity index is 148. The quantitative estimate of drug-likeness (QED) is 0.618. The standard InChI is InChI=1S/C9H17NO/c10-5-9(11)8-4-6-1-2-7(8)3-6/h6-9,11H,1-5,10H2/t6?,7?,8?,9-/m0/s1. The first-order chi connectivity index (χ1) is 5.31. The molecule has 2 heteroatoms. The van der Waals surface area contributed by atoms with Crippen LogP contribution in [0.25, 0.3) is 0 Å². The molecular formula is C9H17NO. The van der Waals surface area contributed by atoms with Gasteiger partial charge < -0.3 is 10.8 Å². The van der Waals surface area contributed by atoms with Gasteiger partial charge in [0.1, 0.15) is 0 Å². The molecule has 0 aliphatic heterocycles. The Labute approximate surface area is 67.8 Å². The lowest BCUT2D eigenvalue weighted by atomic mass is 9.85. The van der Waals surface area contributed by atoms with Crippen LogP contribution in [0.1, 0.15) is 25.7 Å².